The van der Waals surface area contributed by atoms with Crippen molar-refractivity contribution in [1.82, 2.24) is 9.88 Å². The van der Waals surface area contributed by atoms with Gasteiger partial charge in [-0.2, -0.15) is 0 Å². The number of methoxy groups -OCH3 is 1. The molecule has 1 aromatic heterocycles. The first-order valence-electron chi connectivity index (χ1n) is 8.78. The predicted octanol–water partition coefficient (Wildman–Crippen LogP) is 4.14. The average Bonchev–Trinajstić information content (AvgIpc) is 2.65. The molecule has 0 aliphatic carbocycles. The summed E-state index contributed by atoms with van der Waals surface area (Å²) in [5, 5.41) is 0.991. The maximum absolute atomic E-state index is 13.2. The van der Waals surface area contributed by atoms with Gasteiger partial charge in [0.05, 0.1) is 23.4 Å². The van der Waals surface area contributed by atoms with Crippen LogP contribution in [-0.4, -0.2) is 36.1 Å². The molecule has 3 rings (SSSR count). The van der Waals surface area contributed by atoms with E-state index in [0.717, 1.165) is 27.7 Å². The van der Waals surface area contributed by atoms with Gasteiger partial charge in [0, 0.05) is 25.6 Å². The Bertz CT molecular complexity index is 907. The second-order valence-electron chi connectivity index (χ2n) is 6.52. The highest BCUT2D eigenvalue weighted by atomic mass is 16.5. The number of fused-ring (bicyclic) bond motifs is 1. The van der Waals surface area contributed by atoms with E-state index < -0.39 is 0 Å². The van der Waals surface area contributed by atoms with E-state index >= 15 is 0 Å². The monoisotopic (exact) mass is 348 g/mol. The van der Waals surface area contributed by atoms with E-state index in [-0.39, 0.29) is 5.91 Å². The zero-order chi connectivity index (χ0) is 18.5. The zero-order valence-corrected chi connectivity index (χ0v) is 15.5. The van der Waals surface area contributed by atoms with Crippen molar-refractivity contribution in [3.63, 3.8) is 0 Å². The molecule has 0 radical (unpaired) electrons. The number of carbonyl (C=O) groups is 1. The summed E-state index contributed by atoms with van der Waals surface area (Å²) in [6.45, 7) is 5.52. The first-order valence-corrected chi connectivity index (χ1v) is 8.78. The van der Waals surface area contributed by atoms with Crippen molar-refractivity contribution in [1.29, 1.82) is 0 Å². The van der Waals surface area contributed by atoms with Crippen LogP contribution in [0.25, 0.3) is 10.9 Å². The lowest BCUT2D eigenvalue weighted by Crippen LogP contribution is -2.34. The highest BCUT2D eigenvalue weighted by Gasteiger charge is 2.19. The molecule has 0 spiro atoms. The molecule has 0 saturated heterocycles. The summed E-state index contributed by atoms with van der Waals surface area (Å²) >= 11 is 0. The average molecular weight is 348 g/mol. The first kappa shape index (κ1) is 18.1. The number of ether oxygens (including phenoxy) is 1. The maximum atomic E-state index is 13.2. The van der Waals surface area contributed by atoms with E-state index in [0.29, 0.717) is 25.3 Å². The van der Waals surface area contributed by atoms with Crippen molar-refractivity contribution < 1.29 is 9.53 Å². The molecule has 1 heterocycles. The van der Waals surface area contributed by atoms with Gasteiger partial charge in [0.2, 0.25) is 0 Å². The molecule has 0 unspecified atom stereocenters. The molecular weight excluding hydrogens is 324 g/mol. The highest BCUT2D eigenvalue weighted by Crippen LogP contribution is 2.20. The second-order valence-corrected chi connectivity index (χ2v) is 6.52. The minimum atomic E-state index is -0.0145. The fraction of sp³-hybridized carbons (Fsp3) is 0.273. The van der Waals surface area contributed by atoms with E-state index in [9.17, 15) is 4.79 Å². The van der Waals surface area contributed by atoms with Crippen LogP contribution in [0.3, 0.4) is 0 Å². The normalized spacial score (nSPS) is 10.9. The van der Waals surface area contributed by atoms with Crippen molar-refractivity contribution in [2.24, 2.45) is 0 Å². The Morgan fingerprint density at radius 3 is 2.58 bits per heavy atom. The van der Waals surface area contributed by atoms with Crippen LogP contribution in [0, 0.1) is 13.8 Å². The molecule has 4 nitrogen and oxygen atoms in total. The summed E-state index contributed by atoms with van der Waals surface area (Å²) in [6.07, 6.45) is 0. The number of hydrogen-bond acceptors (Lipinski definition) is 3. The Kier molecular flexibility index (Phi) is 5.64. The van der Waals surface area contributed by atoms with Crippen LogP contribution in [0.15, 0.2) is 54.6 Å². The van der Waals surface area contributed by atoms with Gasteiger partial charge in [-0.25, -0.2) is 0 Å². The third-order valence-corrected chi connectivity index (χ3v) is 4.46. The van der Waals surface area contributed by atoms with E-state index in [1.54, 1.807) is 7.11 Å². The predicted molar refractivity (Wildman–Crippen MR) is 104 cm³/mol. The fourth-order valence-electron chi connectivity index (χ4n) is 3.04. The van der Waals surface area contributed by atoms with Gasteiger partial charge in [0.25, 0.3) is 5.91 Å². The first-order chi connectivity index (χ1) is 12.6. The number of hydrogen-bond donors (Lipinski definition) is 0. The van der Waals surface area contributed by atoms with Gasteiger partial charge in [0.1, 0.15) is 0 Å². The summed E-state index contributed by atoms with van der Waals surface area (Å²) in [4.78, 5) is 19.7. The number of rotatable bonds is 6. The van der Waals surface area contributed by atoms with Crippen LogP contribution in [0.1, 0.15) is 27.2 Å². The Balaban J connectivity index is 1.94. The highest BCUT2D eigenvalue weighted by molar-refractivity contribution is 5.98. The molecule has 1 amide bonds. The summed E-state index contributed by atoms with van der Waals surface area (Å²) in [7, 11) is 1.65. The van der Waals surface area contributed by atoms with Crippen LogP contribution in [0.2, 0.25) is 0 Å². The summed E-state index contributed by atoms with van der Waals surface area (Å²) in [5.74, 6) is -0.0145. The maximum Gasteiger partial charge on any atom is 0.256 e. The Morgan fingerprint density at radius 2 is 1.85 bits per heavy atom. The van der Waals surface area contributed by atoms with Gasteiger partial charge >= 0.3 is 0 Å². The molecule has 3 aromatic rings. The van der Waals surface area contributed by atoms with Gasteiger partial charge in [0.15, 0.2) is 0 Å². The molecule has 0 atom stereocenters. The van der Waals surface area contributed by atoms with Gasteiger partial charge in [-0.05, 0) is 37.6 Å². The van der Waals surface area contributed by atoms with E-state index in [1.807, 2.05) is 67.3 Å². The zero-order valence-electron chi connectivity index (χ0n) is 15.5. The van der Waals surface area contributed by atoms with Crippen LogP contribution in [0.5, 0.6) is 0 Å². The van der Waals surface area contributed by atoms with Crippen LogP contribution >= 0.6 is 0 Å². The lowest BCUT2D eigenvalue weighted by atomic mass is 10.1. The van der Waals surface area contributed by atoms with Crippen molar-refractivity contribution in [2.45, 2.75) is 20.4 Å². The van der Waals surface area contributed by atoms with Crippen LogP contribution in [0.4, 0.5) is 0 Å². The topological polar surface area (TPSA) is 42.4 Å². The summed E-state index contributed by atoms with van der Waals surface area (Å²) in [6, 6.07) is 18.1. The molecule has 0 aliphatic rings. The lowest BCUT2D eigenvalue weighted by Gasteiger charge is -2.23. The van der Waals surface area contributed by atoms with Crippen molar-refractivity contribution >= 4 is 16.8 Å². The number of nitrogens with zero attached hydrogens (tertiary/aromatic N) is 2. The van der Waals surface area contributed by atoms with Crippen molar-refractivity contribution in [2.75, 3.05) is 20.3 Å². The molecular formula is C22H24N2O2. The van der Waals surface area contributed by atoms with Crippen LogP contribution in [-0.2, 0) is 11.3 Å². The molecule has 0 bridgehead atoms. The SMILES string of the molecule is COCCN(Cc1ccccc1)C(=O)c1cc2cc(C)ccc2nc1C. The molecule has 134 valence electrons. The Hall–Kier alpha value is -2.72. The van der Waals surface area contributed by atoms with E-state index in [4.69, 9.17) is 4.74 Å². The molecule has 0 aliphatic heterocycles. The number of benzene rings is 2. The van der Waals surface area contributed by atoms with Crippen molar-refractivity contribution in [3.05, 3.63) is 77.0 Å². The number of aryl methyl sites for hydroxylation is 2. The minimum absolute atomic E-state index is 0.0145. The van der Waals surface area contributed by atoms with Crippen LogP contribution < -0.4 is 0 Å². The lowest BCUT2D eigenvalue weighted by molar-refractivity contribution is 0.0679. The van der Waals surface area contributed by atoms with Gasteiger partial charge < -0.3 is 9.64 Å². The quantitative estimate of drug-likeness (QED) is 0.672. The summed E-state index contributed by atoms with van der Waals surface area (Å²) in [5.41, 5.74) is 4.56. The molecule has 0 N–H and O–H groups in total. The molecule has 0 fully saturated rings. The van der Waals surface area contributed by atoms with E-state index in [2.05, 4.69) is 11.1 Å². The number of amides is 1. The standard InChI is InChI=1S/C22H24N2O2/c1-16-9-10-21-19(13-16)14-20(17(2)23-21)22(25)24(11-12-26-3)15-18-7-5-4-6-8-18/h4-10,13-14H,11-12,15H2,1-3H3. The fourth-order valence-corrected chi connectivity index (χ4v) is 3.04. The molecule has 26 heavy (non-hydrogen) atoms. The summed E-state index contributed by atoms with van der Waals surface area (Å²) < 4.78 is 5.20. The Labute approximate surface area is 154 Å². The molecule has 0 saturated carbocycles. The third kappa shape index (κ3) is 4.09. The van der Waals surface area contributed by atoms with Gasteiger partial charge in [-0.1, -0.05) is 42.0 Å². The second kappa shape index (κ2) is 8.11. The van der Waals surface area contributed by atoms with Crippen molar-refractivity contribution in [3.8, 4) is 0 Å². The third-order valence-electron chi connectivity index (χ3n) is 4.46. The molecule has 4 heteroatoms. The largest absolute Gasteiger partial charge is 0.383 e. The minimum Gasteiger partial charge on any atom is -0.383 e. The molecule has 2 aromatic carbocycles. The Morgan fingerprint density at radius 1 is 1.08 bits per heavy atom. The number of carbonyl (C=O) groups excluding carboxylic acids is 1. The number of aromatic nitrogens is 1. The number of pyridine rings is 1. The van der Waals surface area contributed by atoms with Gasteiger partial charge in [-0.3, -0.25) is 9.78 Å². The smallest absolute Gasteiger partial charge is 0.256 e. The van der Waals surface area contributed by atoms with E-state index in [1.165, 1.54) is 0 Å². The van der Waals surface area contributed by atoms with Gasteiger partial charge in [-0.15, -0.1) is 0 Å².